The van der Waals surface area contributed by atoms with Crippen molar-refractivity contribution < 1.29 is 10.2 Å². The first-order chi connectivity index (χ1) is 10.9. The molecule has 0 aliphatic carbocycles. The third-order valence-corrected chi connectivity index (χ3v) is 4.71. The van der Waals surface area contributed by atoms with Crippen molar-refractivity contribution in [3.63, 3.8) is 0 Å². The minimum atomic E-state index is -0.152. The average Bonchev–Trinajstić information content (AvgIpc) is 2.46. The Morgan fingerprint density at radius 3 is 2.08 bits per heavy atom. The van der Waals surface area contributed by atoms with Gasteiger partial charge in [0.2, 0.25) is 0 Å². The lowest BCUT2D eigenvalue weighted by Crippen LogP contribution is -2.20. The lowest BCUT2D eigenvalue weighted by molar-refractivity contribution is 0.232. The van der Waals surface area contributed by atoms with E-state index in [1.165, 1.54) is 5.56 Å². The van der Waals surface area contributed by atoms with Crippen LogP contribution in [-0.2, 0) is 10.8 Å². The number of phenolic OH excluding ortho intramolecular Hbond substituents is 1. The monoisotopic (exact) mass is 333 g/mol. The smallest absolute Gasteiger partial charge is 0.128 e. The van der Waals surface area contributed by atoms with Crippen LogP contribution in [0.2, 0.25) is 0 Å². The molecule has 0 aliphatic heterocycles. The molecule has 0 amide bonds. The van der Waals surface area contributed by atoms with Gasteiger partial charge in [-0.3, -0.25) is 4.99 Å². The first kappa shape index (κ1) is 20.7. The van der Waals surface area contributed by atoms with Crippen molar-refractivity contribution in [2.75, 3.05) is 6.61 Å². The highest BCUT2D eigenvalue weighted by Gasteiger charge is 2.24. The number of aromatic hydroxyl groups is 1. The molecule has 1 aromatic rings. The van der Waals surface area contributed by atoms with Crippen molar-refractivity contribution in [1.29, 1.82) is 0 Å². The van der Waals surface area contributed by atoms with Gasteiger partial charge in [-0.15, -0.1) is 0 Å². The van der Waals surface area contributed by atoms with Gasteiger partial charge in [-0.25, -0.2) is 0 Å². The molecule has 1 aromatic carbocycles. The number of rotatable bonds is 5. The molecule has 0 bridgehead atoms. The molecule has 0 saturated carbocycles. The molecule has 2 N–H and O–H groups in total. The van der Waals surface area contributed by atoms with Crippen molar-refractivity contribution >= 4 is 6.21 Å². The highest BCUT2D eigenvalue weighted by Crippen LogP contribution is 2.37. The number of aliphatic imine (C=N–C) groups is 1. The summed E-state index contributed by atoms with van der Waals surface area (Å²) < 4.78 is 0. The molecule has 0 aliphatic rings. The Hall–Kier alpha value is -1.35. The van der Waals surface area contributed by atoms with E-state index in [2.05, 4.69) is 66.4 Å². The summed E-state index contributed by atoms with van der Waals surface area (Å²) in [6.07, 6.45) is 2.69. The van der Waals surface area contributed by atoms with Crippen LogP contribution >= 0.6 is 0 Å². The van der Waals surface area contributed by atoms with Crippen LogP contribution in [0.5, 0.6) is 5.75 Å². The van der Waals surface area contributed by atoms with Crippen LogP contribution in [0.4, 0.5) is 0 Å². The zero-order valence-electron chi connectivity index (χ0n) is 16.6. The van der Waals surface area contributed by atoms with Crippen LogP contribution in [0.15, 0.2) is 17.1 Å². The largest absolute Gasteiger partial charge is 0.507 e. The van der Waals surface area contributed by atoms with Crippen molar-refractivity contribution in [3.05, 3.63) is 28.8 Å². The molecule has 0 saturated heterocycles. The fourth-order valence-corrected chi connectivity index (χ4v) is 2.58. The maximum atomic E-state index is 10.7. The van der Waals surface area contributed by atoms with E-state index in [1.54, 1.807) is 6.21 Å². The standard InChI is InChI=1S/C21H35NO2/c1-9-14(2)18(13-23)22-12-15-10-16(20(3,4)5)11-17(19(15)24)21(6,7)8/h10-12,14,18,23-24H,9,13H2,1-8H3. The Morgan fingerprint density at radius 1 is 1.08 bits per heavy atom. The third-order valence-electron chi connectivity index (χ3n) is 4.71. The molecule has 136 valence electrons. The Bertz CT molecular complexity index is 577. The zero-order chi connectivity index (χ0) is 18.7. The average molecular weight is 334 g/mol. The lowest BCUT2D eigenvalue weighted by atomic mass is 9.79. The molecule has 2 unspecified atom stereocenters. The van der Waals surface area contributed by atoms with Crippen molar-refractivity contribution in [2.24, 2.45) is 10.9 Å². The van der Waals surface area contributed by atoms with Gasteiger partial charge in [-0.2, -0.15) is 0 Å². The SMILES string of the molecule is CCC(C)C(CO)N=Cc1cc(C(C)(C)C)cc(C(C)(C)C)c1O. The van der Waals surface area contributed by atoms with Gasteiger partial charge >= 0.3 is 0 Å². The van der Waals surface area contributed by atoms with E-state index in [0.29, 0.717) is 11.7 Å². The summed E-state index contributed by atoms with van der Waals surface area (Å²) in [4.78, 5) is 4.56. The Kier molecular flexibility index (Phi) is 6.63. The normalized spacial score (nSPS) is 15.7. The highest BCUT2D eigenvalue weighted by atomic mass is 16.3. The number of phenols is 1. The fraction of sp³-hybridized carbons (Fsp3) is 0.667. The minimum absolute atomic E-state index is 0.0105. The molecule has 0 aromatic heterocycles. The summed E-state index contributed by atoms with van der Waals surface area (Å²) in [7, 11) is 0. The summed E-state index contributed by atoms with van der Waals surface area (Å²) >= 11 is 0. The van der Waals surface area contributed by atoms with E-state index in [-0.39, 0.29) is 23.5 Å². The van der Waals surface area contributed by atoms with Crippen LogP contribution in [0, 0.1) is 5.92 Å². The molecule has 0 fully saturated rings. The maximum Gasteiger partial charge on any atom is 0.128 e. The van der Waals surface area contributed by atoms with Gasteiger partial charge in [-0.1, -0.05) is 67.9 Å². The molecule has 3 heteroatoms. The number of hydrogen-bond donors (Lipinski definition) is 2. The van der Waals surface area contributed by atoms with Gasteiger partial charge in [0, 0.05) is 17.3 Å². The topological polar surface area (TPSA) is 52.8 Å². The summed E-state index contributed by atoms with van der Waals surface area (Å²) in [5, 5.41) is 20.3. The van der Waals surface area contributed by atoms with Crippen LogP contribution in [-0.4, -0.2) is 29.1 Å². The Balaban J connectivity index is 3.41. The van der Waals surface area contributed by atoms with Crippen molar-refractivity contribution in [3.8, 4) is 5.75 Å². The first-order valence-electron chi connectivity index (χ1n) is 8.93. The first-order valence-corrected chi connectivity index (χ1v) is 8.93. The maximum absolute atomic E-state index is 10.7. The van der Waals surface area contributed by atoms with Gasteiger partial charge < -0.3 is 10.2 Å². The van der Waals surface area contributed by atoms with Crippen LogP contribution in [0.1, 0.15) is 78.5 Å². The number of hydrogen-bond acceptors (Lipinski definition) is 3. The fourth-order valence-electron chi connectivity index (χ4n) is 2.58. The molecular formula is C21H35NO2. The summed E-state index contributed by atoms with van der Waals surface area (Å²) in [5.74, 6) is 0.598. The number of aliphatic hydroxyl groups is 1. The molecule has 1 rings (SSSR count). The van der Waals surface area contributed by atoms with Crippen molar-refractivity contribution in [1.82, 2.24) is 0 Å². The Morgan fingerprint density at radius 2 is 1.67 bits per heavy atom. The van der Waals surface area contributed by atoms with Gasteiger partial charge in [0.25, 0.3) is 0 Å². The molecular weight excluding hydrogens is 298 g/mol. The quantitative estimate of drug-likeness (QED) is 0.760. The van der Waals surface area contributed by atoms with E-state index in [9.17, 15) is 10.2 Å². The Labute approximate surface area is 147 Å². The van der Waals surface area contributed by atoms with Crippen LogP contribution < -0.4 is 0 Å². The molecule has 0 radical (unpaired) electrons. The summed E-state index contributed by atoms with van der Waals surface area (Å²) in [6, 6.07) is 3.98. The summed E-state index contributed by atoms with van der Waals surface area (Å²) in [6.45, 7) is 17.0. The van der Waals surface area contributed by atoms with E-state index in [4.69, 9.17) is 0 Å². The van der Waals surface area contributed by atoms with Crippen LogP contribution in [0.3, 0.4) is 0 Å². The lowest BCUT2D eigenvalue weighted by Gasteiger charge is -2.27. The molecule has 3 nitrogen and oxygen atoms in total. The minimum Gasteiger partial charge on any atom is -0.507 e. The predicted octanol–water partition coefficient (Wildman–Crippen LogP) is 4.81. The van der Waals surface area contributed by atoms with Gasteiger partial charge in [0.1, 0.15) is 5.75 Å². The van der Waals surface area contributed by atoms with E-state index in [0.717, 1.165) is 17.5 Å². The van der Waals surface area contributed by atoms with Crippen LogP contribution in [0.25, 0.3) is 0 Å². The molecule has 0 heterocycles. The second-order valence-corrected chi connectivity index (χ2v) is 8.88. The predicted molar refractivity (Wildman–Crippen MR) is 103 cm³/mol. The number of aliphatic hydroxyl groups excluding tert-OH is 1. The number of benzene rings is 1. The molecule has 0 spiro atoms. The molecule has 2 atom stereocenters. The highest BCUT2D eigenvalue weighted by molar-refractivity contribution is 5.85. The van der Waals surface area contributed by atoms with E-state index >= 15 is 0 Å². The van der Waals surface area contributed by atoms with E-state index in [1.807, 2.05) is 6.07 Å². The van der Waals surface area contributed by atoms with Gasteiger partial charge in [-0.05, 0) is 28.4 Å². The van der Waals surface area contributed by atoms with E-state index < -0.39 is 0 Å². The summed E-state index contributed by atoms with van der Waals surface area (Å²) in [5.41, 5.74) is 2.68. The van der Waals surface area contributed by atoms with Crippen molar-refractivity contribution in [2.45, 2.75) is 78.7 Å². The third kappa shape index (κ3) is 5.07. The van der Waals surface area contributed by atoms with Gasteiger partial charge in [0.15, 0.2) is 0 Å². The second-order valence-electron chi connectivity index (χ2n) is 8.88. The van der Waals surface area contributed by atoms with Gasteiger partial charge in [0.05, 0.1) is 12.6 Å². The number of nitrogens with zero attached hydrogens (tertiary/aromatic N) is 1. The zero-order valence-corrected chi connectivity index (χ0v) is 16.6. The second kappa shape index (κ2) is 7.69. The molecule has 24 heavy (non-hydrogen) atoms.